The normalized spacial score (nSPS) is 10.8. The fourth-order valence-corrected chi connectivity index (χ4v) is 3.45. The summed E-state index contributed by atoms with van der Waals surface area (Å²) in [6.45, 7) is 0. The van der Waals surface area contributed by atoms with Gasteiger partial charge in [-0.15, -0.1) is 0 Å². The first kappa shape index (κ1) is 22.0. The van der Waals surface area contributed by atoms with Gasteiger partial charge in [-0.3, -0.25) is 9.97 Å². The molecule has 0 aliphatic rings. The molecular formula is C25H24N4O4. The van der Waals surface area contributed by atoms with Crippen LogP contribution in [0, 0.1) is 0 Å². The van der Waals surface area contributed by atoms with E-state index in [-0.39, 0.29) is 0 Å². The lowest BCUT2D eigenvalue weighted by Crippen LogP contribution is -2.25. The van der Waals surface area contributed by atoms with Gasteiger partial charge in [-0.1, -0.05) is 12.1 Å². The van der Waals surface area contributed by atoms with Crippen molar-refractivity contribution in [1.82, 2.24) is 19.8 Å². The summed E-state index contributed by atoms with van der Waals surface area (Å²) in [6, 6.07) is 14.8. The molecule has 8 heteroatoms. The molecule has 0 atom stereocenters. The molecule has 0 unspecified atom stereocenters. The molecule has 2 heterocycles. The van der Waals surface area contributed by atoms with Crippen LogP contribution in [-0.2, 0) is 6.42 Å². The SMILES string of the molecule is CN(C)C(=O)Oc1ccc(Cc2ccc(OC(=O)N(C)C)c3cccnc23)c2ncccc12. The summed E-state index contributed by atoms with van der Waals surface area (Å²) < 4.78 is 11.0. The van der Waals surface area contributed by atoms with Crippen LogP contribution in [0.5, 0.6) is 11.5 Å². The van der Waals surface area contributed by atoms with E-state index in [0.717, 1.165) is 32.9 Å². The van der Waals surface area contributed by atoms with Gasteiger partial charge in [0, 0.05) is 57.8 Å². The van der Waals surface area contributed by atoms with E-state index in [1.165, 1.54) is 9.80 Å². The van der Waals surface area contributed by atoms with E-state index in [1.54, 1.807) is 52.7 Å². The number of aromatic nitrogens is 2. The van der Waals surface area contributed by atoms with Crippen LogP contribution in [0.3, 0.4) is 0 Å². The van der Waals surface area contributed by atoms with E-state index in [2.05, 4.69) is 9.97 Å². The van der Waals surface area contributed by atoms with Gasteiger partial charge in [0.1, 0.15) is 11.5 Å². The first-order chi connectivity index (χ1) is 15.8. The lowest BCUT2D eigenvalue weighted by molar-refractivity contribution is 0.171. The van der Waals surface area contributed by atoms with Crippen molar-refractivity contribution in [2.24, 2.45) is 0 Å². The summed E-state index contributed by atoms with van der Waals surface area (Å²) in [5.74, 6) is 0.906. The van der Waals surface area contributed by atoms with Crippen molar-refractivity contribution in [2.45, 2.75) is 6.42 Å². The van der Waals surface area contributed by atoms with Crippen LogP contribution < -0.4 is 9.47 Å². The Bertz CT molecular complexity index is 1250. The second kappa shape index (κ2) is 9.12. The Morgan fingerprint density at radius 2 is 1.12 bits per heavy atom. The molecular weight excluding hydrogens is 420 g/mol. The Labute approximate surface area is 191 Å². The topological polar surface area (TPSA) is 84.9 Å². The molecule has 4 rings (SSSR count). The second-order valence-electron chi connectivity index (χ2n) is 7.95. The number of nitrogens with zero attached hydrogens (tertiary/aromatic N) is 4. The van der Waals surface area contributed by atoms with E-state index in [9.17, 15) is 9.59 Å². The Morgan fingerprint density at radius 3 is 1.52 bits per heavy atom. The zero-order valence-electron chi connectivity index (χ0n) is 18.9. The predicted molar refractivity (Wildman–Crippen MR) is 126 cm³/mol. The van der Waals surface area contributed by atoms with Crippen LogP contribution in [0.4, 0.5) is 9.59 Å². The largest absolute Gasteiger partial charge is 0.414 e. The minimum atomic E-state index is -0.453. The van der Waals surface area contributed by atoms with Gasteiger partial charge >= 0.3 is 12.2 Å². The summed E-state index contributed by atoms with van der Waals surface area (Å²) >= 11 is 0. The molecule has 0 radical (unpaired) electrons. The summed E-state index contributed by atoms with van der Waals surface area (Å²) in [6.07, 6.45) is 3.06. The number of carbonyl (C=O) groups excluding carboxylic acids is 2. The molecule has 168 valence electrons. The number of ether oxygens (including phenoxy) is 2. The van der Waals surface area contributed by atoms with Crippen molar-refractivity contribution in [3.63, 3.8) is 0 Å². The molecule has 0 aliphatic heterocycles. The molecule has 8 nitrogen and oxygen atoms in total. The second-order valence-corrected chi connectivity index (χ2v) is 7.95. The molecule has 0 N–H and O–H groups in total. The quantitative estimate of drug-likeness (QED) is 0.461. The van der Waals surface area contributed by atoms with Gasteiger partial charge in [0.2, 0.25) is 0 Å². The highest BCUT2D eigenvalue weighted by Crippen LogP contribution is 2.32. The fraction of sp³-hybridized carbons (Fsp3) is 0.200. The zero-order chi connectivity index (χ0) is 23.5. The predicted octanol–water partition coefficient (Wildman–Crippen LogP) is 4.49. The Morgan fingerprint density at radius 1 is 0.697 bits per heavy atom. The number of rotatable bonds is 4. The molecule has 2 aromatic heterocycles. The maximum atomic E-state index is 12.1. The molecule has 0 saturated heterocycles. The lowest BCUT2D eigenvalue weighted by atomic mass is 9.98. The molecule has 33 heavy (non-hydrogen) atoms. The van der Waals surface area contributed by atoms with Crippen molar-refractivity contribution >= 4 is 34.0 Å². The van der Waals surface area contributed by atoms with Crippen molar-refractivity contribution in [1.29, 1.82) is 0 Å². The average molecular weight is 444 g/mol. The Balaban J connectivity index is 1.74. The number of fused-ring (bicyclic) bond motifs is 2. The van der Waals surface area contributed by atoms with Crippen molar-refractivity contribution < 1.29 is 19.1 Å². The highest BCUT2D eigenvalue weighted by Gasteiger charge is 2.16. The minimum Gasteiger partial charge on any atom is -0.409 e. The Hall–Kier alpha value is -4.20. The van der Waals surface area contributed by atoms with Crippen LogP contribution in [0.2, 0.25) is 0 Å². The molecule has 0 bridgehead atoms. The number of amides is 2. The van der Waals surface area contributed by atoms with Crippen LogP contribution in [0.15, 0.2) is 60.9 Å². The van der Waals surface area contributed by atoms with E-state index >= 15 is 0 Å². The van der Waals surface area contributed by atoms with Gasteiger partial charge in [-0.05, 0) is 47.5 Å². The smallest absolute Gasteiger partial charge is 0.409 e. The molecule has 0 aliphatic carbocycles. The van der Waals surface area contributed by atoms with E-state index in [4.69, 9.17) is 9.47 Å². The summed E-state index contributed by atoms with van der Waals surface area (Å²) in [5.41, 5.74) is 3.41. The average Bonchev–Trinajstić information content (AvgIpc) is 2.81. The van der Waals surface area contributed by atoms with E-state index in [1.807, 2.05) is 36.4 Å². The van der Waals surface area contributed by atoms with Gasteiger partial charge in [0.25, 0.3) is 0 Å². The standard InChI is InChI=1S/C25H24N4O4/c1-28(2)24(30)32-20-11-9-16(22-18(20)7-5-13-26-22)15-17-10-12-21(33-25(31)29(3)4)19-8-6-14-27-23(17)19/h5-14H,15H2,1-4H3. The number of carbonyl (C=O) groups is 2. The zero-order valence-corrected chi connectivity index (χ0v) is 18.9. The van der Waals surface area contributed by atoms with Crippen LogP contribution >= 0.6 is 0 Å². The minimum absolute atomic E-state index is 0.453. The molecule has 0 spiro atoms. The molecule has 0 saturated carbocycles. The third kappa shape index (κ3) is 4.55. The van der Waals surface area contributed by atoms with Crippen LogP contribution in [0.1, 0.15) is 11.1 Å². The van der Waals surface area contributed by atoms with Gasteiger partial charge in [0.15, 0.2) is 0 Å². The highest BCUT2D eigenvalue weighted by atomic mass is 16.6. The van der Waals surface area contributed by atoms with Gasteiger partial charge < -0.3 is 19.3 Å². The molecule has 2 amide bonds. The van der Waals surface area contributed by atoms with Crippen molar-refractivity contribution in [3.05, 3.63) is 72.1 Å². The van der Waals surface area contributed by atoms with Crippen LogP contribution in [-0.4, -0.2) is 60.1 Å². The third-order valence-corrected chi connectivity index (χ3v) is 5.13. The molecule has 2 aromatic carbocycles. The highest BCUT2D eigenvalue weighted by molar-refractivity contribution is 5.92. The third-order valence-electron chi connectivity index (χ3n) is 5.13. The maximum Gasteiger partial charge on any atom is 0.414 e. The van der Waals surface area contributed by atoms with E-state index in [0.29, 0.717) is 17.9 Å². The fourth-order valence-electron chi connectivity index (χ4n) is 3.45. The van der Waals surface area contributed by atoms with E-state index < -0.39 is 12.2 Å². The summed E-state index contributed by atoms with van der Waals surface area (Å²) in [5, 5.41) is 1.50. The summed E-state index contributed by atoms with van der Waals surface area (Å²) in [7, 11) is 6.53. The number of hydrogen-bond donors (Lipinski definition) is 0. The number of benzene rings is 2. The monoisotopic (exact) mass is 444 g/mol. The summed E-state index contributed by atoms with van der Waals surface area (Å²) in [4.78, 5) is 36.0. The molecule has 0 fully saturated rings. The van der Waals surface area contributed by atoms with Gasteiger partial charge in [-0.25, -0.2) is 9.59 Å². The lowest BCUT2D eigenvalue weighted by Gasteiger charge is -2.15. The Kier molecular flexibility index (Phi) is 6.08. The van der Waals surface area contributed by atoms with Crippen molar-refractivity contribution in [3.8, 4) is 11.5 Å². The van der Waals surface area contributed by atoms with Gasteiger partial charge in [-0.2, -0.15) is 0 Å². The molecule has 4 aromatic rings. The van der Waals surface area contributed by atoms with Gasteiger partial charge in [0.05, 0.1) is 11.0 Å². The number of pyridine rings is 2. The maximum absolute atomic E-state index is 12.1. The van der Waals surface area contributed by atoms with Crippen molar-refractivity contribution in [2.75, 3.05) is 28.2 Å². The number of hydrogen-bond acceptors (Lipinski definition) is 6. The first-order valence-electron chi connectivity index (χ1n) is 10.4. The first-order valence-corrected chi connectivity index (χ1v) is 10.4. The van der Waals surface area contributed by atoms with Crippen LogP contribution in [0.25, 0.3) is 21.8 Å².